The maximum absolute atomic E-state index is 11.7. The molecule has 0 spiro atoms. The van der Waals surface area contributed by atoms with Crippen molar-refractivity contribution < 1.29 is 14.4 Å². The summed E-state index contributed by atoms with van der Waals surface area (Å²) in [6.07, 6.45) is 2.00. The first-order valence-electron chi connectivity index (χ1n) is 8.55. The molecule has 1 atom stereocenters. The fourth-order valence-corrected chi connectivity index (χ4v) is 2.60. The largest absolute Gasteiger partial charge is 0.389 e. The Morgan fingerprint density at radius 3 is 2.78 bits per heavy atom. The van der Waals surface area contributed by atoms with Crippen LogP contribution in [0.5, 0.6) is 0 Å². The molecule has 1 aliphatic rings. The molecule has 7 heteroatoms. The number of ether oxygens (including phenoxy) is 1. The molecule has 1 amide bonds. The van der Waals surface area contributed by atoms with E-state index in [1.807, 2.05) is 31.2 Å². The molecule has 0 saturated carbocycles. The lowest BCUT2D eigenvalue weighted by atomic mass is 10.0. The highest BCUT2D eigenvalue weighted by atomic mass is 35.5. The molecule has 0 saturated heterocycles. The number of hydrogen-bond donors (Lipinski definition) is 1. The first kappa shape index (κ1) is 19.1. The maximum atomic E-state index is 11.7. The molecule has 3 rings (SSSR count). The van der Waals surface area contributed by atoms with Gasteiger partial charge in [-0.1, -0.05) is 58.7 Å². The molecule has 0 bridgehead atoms. The Balaban J connectivity index is 1.35. The molecule has 1 N–H and O–H groups in total. The van der Waals surface area contributed by atoms with Crippen molar-refractivity contribution in [3.63, 3.8) is 0 Å². The van der Waals surface area contributed by atoms with Gasteiger partial charge in [0.25, 0.3) is 5.91 Å². The summed E-state index contributed by atoms with van der Waals surface area (Å²) in [6, 6.07) is 15.2. The fourth-order valence-electron chi connectivity index (χ4n) is 2.48. The van der Waals surface area contributed by atoms with Crippen LogP contribution in [-0.4, -0.2) is 37.2 Å². The van der Waals surface area contributed by atoms with Crippen molar-refractivity contribution >= 4 is 29.4 Å². The Bertz CT molecular complexity index is 833. The summed E-state index contributed by atoms with van der Waals surface area (Å²) in [5, 5.41) is 8.63. The summed E-state index contributed by atoms with van der Waals surface area (Å²) in [5.41, 5.74) is 6.37. The van der Waals surface area contributed by atoms with Crippen LogP contribution in [0.1, 0.15) is 23.1 Å². The van der Waals surface area contributed by atoms with E-state index in [1.165, 1.54) is 11.8 Å². The highest BCUT2D eigenvalue weighted by molar-refractivity contribution is 6.30. The van der Waals surface area contributed by atoms with Crippen molar-refractivity contribution in [1.82, 2.24) is 5.43 Å². The Labute approximate surface area is 162 Å². The average molecular weight is 386 g/mol. The van der Waals surface area contributed by atoms with Crippen LogP contribution in [0.4, 0.5) is 0 Å². The molecule has 1 heterocycles. The Kier molecular flexibility index (Phi) is 6.57. The van der Waals surface area contributed by atoms with E-state index in [9.17, 15) is 4.79 Å². The first-order valence-corrected chi connectivity index (χ1v) is 8.93. The number of halogens is 1. The summed E-state index contributed by atoms with van der Waals surface area (Å²) in [7, 11) is 0. The quantitative estimate of drug-likeness (QED) is 0.587. The van der Waals surface area contributed by atoms with Crippen LogP contribution in [0.3, 0.4) is 0 Å². The predicted molar refractivity (Wildman–Crippen MR) is 105 cm³/mol. The number of carbonyl (C=O) groups is 1. The lowest BCUT2D eigenvalue weighted by Gasteiger charge is -2.08. The van der Waals surface area contributed by atoms with Crippen LogP contribution in [0.15, 0.2) is 58.8 Å². The second-order valence-corrected chi connectivity index (χ2v) is 6.63. The van der Waals surface area contributed by atoms with Crippen molar-refractivity contribution in [3.8, 4) is 0 Å². The minimum atomic E-state index is -0.335. The van der Waals surface area contributed by atoms with Crippen LogP contribution < -0.4 is 5.43 Å². The second kappa shape index (κ2) is 9.30. The molecule has 0 radical (unpaired) electrons. The average Bonchev–Trinajstić information content (AvgIpc) is 3.13. The van der Waals surface area contributed by atoms with Gasteiger partial charge in [-0.25, -0.2) is 5.43 Å². The fraction of sp³-hybridized carbons (Fsp3) is 0.250. The first-order chi connectivity index (χ1) is 13.1. The smallest absolute Gasteiger partial charge is 0.266 e. The van der Waals surface area contributed by atoms with Crippen LogP contribution >= 0.6 is 11.6 Å². The molecule has 0 fully saturated rings. The number of nitrogens with one attached hydrogen (secondary N) is 1. The third-order valence-corrected chi connectivity index (χ3v) is 4.18. The zero-order valence-corrected chi connectivity index (χ0v) is 15.6. The van der Waals surface area contributed by atoms with E-state index in [0.29, 0.717) is 11.4 Å². The van der Waals surface area contributed by atoms with Crippen LogP contribution in [0.25, 0.3) is 0 Å². The number of benzene rings is 2. The van der Waals surface area contributed by atoms with E-state index in [0.717, 1.165) is 16.8 Å². The number of aryl methyl sites for hydroxylation is 1. The van der Waals surface area contributed by atoms with Crippen molar-refractivity contribution in [2.75, 3.05) is 13.2 Å². The number of amides is 1. The molecule has 6 nitrogen and oxygen atoms in total. The number of carbonyl (C=O) groups excluding carboxylic acids is 1. The van der Waals surface area contributed by atoms with Gasteiger partial charge in [-0.2, -0.15) is 5.10 Å². The van der Waals surface area contributed by atoms with Crippen molar-refractivity contribution in [1.29, 1.82) is 0 Å². The van der Waals surface area contributed by atoms with Gasteiger partial charge in [0.15, 0.2) is 6.10 Å². The van der Waals surface area contributed by atoms with Gasteiger partial charge in [0.2, 0.25) is 0 Å². The van der Waals surface area contributed by atoms with Crippen molar-refractivity contribution in [3.05, 3.63) is 70.2 Å². The van der Waals surface area contributed by atoms with Crippen LogP contribution in [0, 0.1) is 6.92 Å². The van der Waals surface area contributed by atoms with E-state index in [1.54, 1.807) is 24.3 Å². The minimum Gasteiger partial charge on any atom is -0.389 e. The highest BCUT2D eigenvalue weighted by Crippen LogP contribution is 2.17. The highest BCUT2D eigenvalue weighted by Gasteiger charge is 2.22. The van der Waals surface area contributed by atoms with Crippen LogP contribution in [-0.2, 0) is 14.4 Å². The van der Waals surface area contributed by atoms with Gasteiger partial charge in [-0.05, 0) is 30.2 Å². The Hall–Kier alpha value is -2.70. The summed E-state index contributed by atoms with van der Waals surface area (Å²) in [6.45, 7) is 2.23. The van der Waals surface area contributed by atoms with Gasteiger partial charge in [0.05, 0.1) is 18.5 Å². The van der Waals surface area contributed by atoms with E-state index in [4.69, 9.17) is 21.2 Å². The molecular formula is C20H20ClN3O3. The van der Waals surface area contributed by atoms with Gasteiger partial charge in [0.1, 0.15) is 6.61 Å². The number of hydrazone groups is 1. The summed E-state index contributed by atoms with van der Waals surface area (Å²) in [5.74, 6) is -0.335. The molecular weight excluding hydrogens is 366 g/mol. The standard InChI is InChI=1S/C20H20ClN3O3/c1-14-2-6-16(7-3-14)19-10-18(27-24-19)12-26-13-20(25)23-22-11-15-4-8-17(21)9-5-15/h2-9,11,18H,10,12-13H2,1H3,(H,23,25)/b22-11+. The molecule has 27 heavy (non-hydrogen) atoms. The van der Waals surface area contributed by atoms with Gasteiger partial charge in [-0.15, -0.1) is 0 Å². The van der Waals surface area contributed by atoms with Gasteiger partial charge >= 0.3 is 0 Å². The minimum absolute atomic E-state index is 0.0995. The topological polar surface area (TPSA) is 72.3 Å². The maximum Gasteiger partial charge on any atom is 0.266 e. The zero-order chi connectivity index (χ0) is 19.1. The molecule has 0 aliphatic carbocycles. The summed E-state index contributed by atoms with van der Waals surface area (Å²) < 4.78 is 5.40. The lowest BCUT2D eigenvalue weighted by Crippen LogP contribution is -2.26. The molecule has 1 aliphatic heterocycles. The number of rotatable bonds is 7. The summed E-state index contributed by atoms with van der Waals surface area (Å²) in [4.78, 5) is 17.1. The molecule has 2 aromatic rings. The molecule has 2 aromatic carbocycles. The third-order valence-electron chi connectivity index (χ3n) is 3.93. The van der Waals surface area contributed by atoms with E-state index in [-0.39, 0.29) is 25.2 Å². The van der Waals surface area contributed by atoms with Crippen molar-refractivity contribution in [2.24, 2.45) is 10.3 Å². The number of nitrogens with zero attached hydrogens (tertiary/aromatic N) is 2. The van der Waals surface area contributed by atoms with Crippen molar-refractivity contribution in [2.45, 2.75) is 19.4 Å². The van der Waals surface area contributed by atoms with Gasteiger partial charge < -0.3 is 9.57 Å². The number of oxime groups is 1. The van der Waals surface area contributed by atoms with E-state index >= 15 is 0 Å². The SMILES string of the molecule is Cc1ccc(C2=NOC(COCC(=O)N/N=C/c3ccc(Cl)cc3)C2)cc1. The lowest BCUT2D eigenvalue weighted by molar-refractivity contribution is -0.127. The monoisotopic (exact) mass is 385 g/mol. The van der Waals surface area contributed by atoms with E-state index in [2.05, 4.69) is 15.7 Å². The van der Waals surface area contributed by atoms with Gasteiger partial charge in [0, 0.05) is 11.4 Å². The Morgan fingerprint density at radius 2 is 2.04 bits per heavy atom. The molecule has 140 valence electrons. The molecule has 1 unspecified atom stereocenters. The van der Waals surface area contributed by atoms with Gasteiger partial charge in [-0.3, -0.25) is 4.79 Å². The molecule has 0 aromatic heterocycles. The number of hydrogen-bond acceptors (Lipinski definition) is 5. The zero-order valence-electron chi connectivity index (χ0n) is 14.9. The third kappa shape index (κ3) is 5.91. The summed E-state index contributed by atoms with van der Waals surface area (Å²) >= 11 is 5.81. The van der Waals surface area contributed by atoms with E-state index < -0.39 is 0 Å². The normalized spacial score (nSPS) is 16.2. The van der Waals surface area contributed by atoms with Crippen LogP contribution in [0.2, 0.25) is 5.02 Å². The second-order valence-electron chi connectivity index (χ2n) is 6.20. The predicted octanol–water partition coefficient (Wildman–Crippen LogP) is 3.31. The Morgan fingerprint density at radius 1 is 1.30 bits per heavy atom.